The van der Waals surface area contributed by atoms with Gasteiger partial charge in [-0.25, -0.2) is 9.37 Å². The van der Waals surface area contributed by atoms with Gasteiger partial charge in [-0.1, -0.05) is 51.5 Å². The maximum absolute atomic E-state index is 13.0. The maximum atomic E-state index is 13.0. The molecule has 0 N–H and O–H groups in total. The molecule has 0 radical (unpaired) electrons. The van der Waals surface area contributed by atoms with Crippen molar-refractivity contribution >= 4 is 0 Å². The summed E-state index contributed by atoms with van der Waals surface area (Å²) in [5.41, 5.74) is 4.65. The Morgan fingerprint density at radius 2 is 1.70 bits per heavy atom. The zero-order valence-corrected chi connectivity index (χ0v) is 16.7. The number of rotatable bonds is 7. The SMILES string of the molecule is CCC(C)(C)Cc1cnc(CCc2ccc(-c3ccc(F)cn3)cc2)n1C. The number of aromatic nitrogens is 3. The monoisotopic (exact) mass is 365 g/mol. The Kier molecular flexibility index (Phi) is 5.73. The summed E-state index contributed by atoms with van der Waals surface area (Å²) in [6, 6.07) is 11.5. The molecular formula is C23H28FN3. The average molecular weight is 365 g/mol. The third-order valence-corrected chi connectivity index (χ3v) is 5.41. The third-order valence-electron chi connectivity index (χ3n) is 5.41. The van der Waals surface area contributed by atoms with Gasteiger partial charge in [0.2, 0.25) is 0 Å². The number of halogens is 1. The summed E-state index contributed by atoms with van der Waals surface area (Å²) >= 11 is 0. The molecule has 0 saturated carbocycles. The number of benzene rings is 1. The number of hydrogen-bond acceptors (Lipinski definition) is 2. The Morgan fingerprint density at radius 3 is 2.33 bits per heavy atom. The van der Waals surface area contributed by atoms with Crippen molar-refractivity contribution in [2.75, 3.05) is 0 Å². The molecule has 142 valence electrons. The molecule has 3 aromatic rings. The quantitative estimate of drug-likeness (QED) is 0.562. The molecule has 3 rings (SSSR count). The molecule has 3 nitrogen and oxygen atoms in total. The predicted molar refractivity (Wildman–Crippen MR) is 108 cm³/mol. The van der Waals surface area contributed by atoms with E-state index in [0.717, 1.165) is 42.8 Å². The zero-order valence-electron chi connectivity index (χ0n) is 16.7. The van der Waals surface area contributed by atoms with Crippen LogP contribution in [0.2, 0.25) is 0 Å². The van der Waals surface area contributed by atoms with Crippen LogP contribution in [0.25, 0.3) is 11.3 Å². The number of imidazole rings is 1. The highest BCUT2D eigenvalue weighted by Gasteiger charge is 2.18. The summed E-state index contributed by atoms with van der Waals surface area (Å²) < 4.78 is 15.2. The van der Waals surface area contributed by atoms with Gasteiger partial charge in [0.15, 0.2) is 0 Å². The molecule has 0 aliphatic carbocycles. The van der Waals surface area contributed by atoms with E-state index < -0.39 is 0 Å². The van der Waals surface area contributed by atoms with Crippen molar-refractivity contribution < 1.29 is 4.39 Å². The van der Waals surface area contributed by atoms with E-state index in [1.165, 1.54) is 23.5 Å². The van der Waals surface area contributed by atoms with Crippen molar-refractivity contribution in [2.24, 2.45) is 12.5 Å². The maximum Gasteiger partial charge on any atom is 0.141 e. The van der Waals surface area contributed by atoms with Crippen molar-refractivity contribution in [1.29, 1.82) is 0 Å². The fraction of sp³-hybridized carbons (Fsp3) is 0.391. The first-order chi connectivity index (χ1) is 12.9. The molecule has 0 atom stereocenters. The van der Waals surface area contributed by atoms with E-state index >= 15 is 0 Å². The number of hydrogen-bond donors (Lipinski definition) is 0. The van der Waals surface area contributed by atoms with E-state index in [1.807, 2.05) is 18.3 Å². The van der Waals surface area contributed by atoms with Crippen LogP contribution in [-0.4, -0.2) is 14.5 Å². The first kappa shape index (κ1) is 19.3. The molecular weight excluding hydrogens is 337 g/mol. The Labute approximate surface area is 161 Å². The van der Waals surface area contributed by atoms with Crippen LogP contribution in [0, 0.1) is 11.2 Å². The van der Waals surface area contributed by atoms with Gasteiger partial charge in [-0.3, -0.25) is 4.98 Å². The molecule has 2 heterocycles. The third kappa shape index (κ3) is 4.82. The summed E-state index contributed by atoms with van der Waals surface area (Å²) in [4.78, 5) is 8.77. The largest absolute Gasteiger partial charge is 0.335 e. The zero-order chi connectivity index (χ0) is 19.4. The van der Waals surface area contributed by atoms with Crippen molar-refractivity contribution in [3.8, 4) is 11.3 Å². The van der Waals surface area contributed by atoms with E-state index in [4.69, 9.17) is 0 Å². The van der Waals surface area contributed by atoms with Gasteiger partial charge in [0.05, 0.1) is 11.9 Å². The van der Waals surface area contributed by atoms with Crippen LogP contribution in [0.5, 0.6) is 0 Å². The number of nitrogens with zero attached hydrogens (tertiary/aromatic N) is 3. The van der Waals surface area contributed by atoms with E-state index in [0.29, 0.717) is 5.41 Å². The highest BCUT2D eigenvalue weighted by molar-refractivity contribution is 5.59. The van der Waals surface area contributed by atoms with Gasteiger partial charge in [-0.15, -0.1) is 0 Å². The summed E-state index contributed by atoms with van der Waals surface area (Å²) in [7, 11) is 2.12. The molecule has 0 fully saturated rings. The van der Waals surface area contributed by atoms with Crippen molar-refractivity contribution in [2.45, 2.75) is 46.5 Å². The lowest BCUT2D eigenvalue weighted by Gasteiger charge is -2.22. The first-order valence-electron chi connectivity index (χ1n) is 9.58. The van der Waals surface area contributed by atoms with E-state index in [2.05, 4.69) is 54.5 Å². The van der Waals surface area contributed by atoms with E-state index in [-0.39, 0.29) is 5.82 Å². The minimum absolute atomic E-state index is 0.301. The number of aryl methyl sites for hydroxylation is 2. The summed E-state index contributed by atoms with van der Waals surface area (Å²) in [6.45, 7) is 6.84. The minimum atomic E-state index is -0.313. The van der Waals surface area contributed by atoms with Crippen LogP contribution < -0.4 is 0 Å². The van der Waals surface area contributed by atoms with Crippen molar-refractivity contribution in [3.05, 3.63) is 71.7 Å². The molecule has 0 saturated heterocycles. The lowest BCUT2D eigenvalue weighted by molar-refractivity contribution is 0.341. The van der Waals surface area contributed by atoms with Crippen LogP contribution in [0.4, 0.5) is 4.39 Å². The van der Waals surface area contributed by atoms with Crippen LogP contribution in [0.15, 0.2) is 48.8 Å². The highest BCUT2D eigenvalue weighted by Crippen LogP contribution is 2.25. The molecule has 27 heavy (non-hydrogen) atoms. The van der Waals surface area contributed by atoms with Gasteiger partial charge in [-0.05, 0) is 36.0 Å². The Balaban J connectivity index is 1.64. The lowest BCUT2D eigenvalue weighted by atomic mass is 9.85. The molecule has 0 spiro atoms. The van der Waals surface area contributed by atoms with Crippen molar-refractivity contribution in [3.63, 3.8) is 0 Å². The van der Waals surface area contributed by atoms with Crippen LogP contribution in [-0.2, 0) is 26.3 Å². The molecule has 4 heteroatoms. The molecule has 1 aromatic carbocycles. The standard InChI is InChI=1S/C23H28FN3/c1-5-23(2,3)14-20-16-26-22(27(20)4)13-8-17-6-9-18(10-7-17)21-12-11-19(24)15-25-21/h6-7,9-12,15-16H,5,8,13-14H2,1-4H3. The summed E-state index contributed by atoms with van der Waals surface area (Å²) in [5.74, 6) is 0.813. The van der Waals surface area contributed by atoms with Gasteiger partial charge >= 0.3 is 0 Å². The average Bonchev–Trinajstić information content (AvgIpc) is 3.00. The smallest absolute Gasteiger partial charge is 0.141 e. The Morgan fingerprint density at radius 1 is 0.963 bits per heavy atom. The second-order valence-corrected chi connectivity index (χ2v) is 7.98. The van der Waals surface area contributed by atoms with Gasteiger partial charge in [0.25, 0.3) is 0 Å². The second-order valence-electron chi connectivity index (χ2n) is 7.98. The molecule has 0 unspecified atom stereocenters. The Bertz CT molecular complexity index is 877. The minimum Gasteiger partial charge on any atom is -0.335 e. The predicted octanol–water partition coefficient (Wildman–Crippen LogP) is 5.39. The van der Waals surface area contributed by atoms with E-state index in [9.17, 15) is 4.39 Å². The molecule has 0 bridgehead atoms. The molecule has 0 aliphatic heterocycles. The fourth-order valence-electron chi connectivity index (χ4n) is 3.14. The number of pyridine rings is 1. The van der Waals surface area contributed by atoms with Crippen LogP contribution in [0.3, 0.4) is 0 Å². The van der Waals surface area contributed by atoms with E-state index in [1.54, 1.807) is 6.07 Å². The van der Waals surface area contributed by atoms with Crippen molar-refractivity contribution in [1.82, 2.24) is 14.5 Å². The normalized spacial score (nSPS) is 11.7. The van der Waals surface area contributed by atoms with Gasteiger partial charge in [0.1, 0.15) is 11.6 Å². The second kappa shape index (κ2) is 8.03. The van der Waals surface area contributed by atoms with Crippen LogP contribution in [0.1, 0.15) is 44.3 Å². The van der Waals surface area contributed by atoms with Gasteiger partial charge < -0.3 is 4.57 Å². The Hall–Kier alpha value is -2.49. The molecule has 0 aliphatic rings. The van der Waals surface area contributed by atoms with Gasteiger partial charge in [-0.2, -0.15) is 0 Å². The molecule has 2 aromatic heterocycles. The topological polar surface area (TPSA) is 30.7 Å². The first-order valence-corrected chi connectivity index (χ1v) is 9.58. The lowest BCUT2D eigenvalue weighted by Crippen LogP contribution is -2.16. The summed E-state index contributed by atoms with van der Waals surface area (Å²) in [6.07, 6.45) is 7.34. The highest BCUT2D eigenvalue weighted by atomic mass is 19.1. The fourth-order valence-corrected chi connectivity index (χ4v) is 3.14. The summed E-state index contributed by atoms with van der Waals surface area (Å²) in [5, 5.41) is 0. The van der Waals surface area contributed by atoms with Gasteiger partial charge in [0, 0.05) is 30.9 Å². The molecule has 0 amide bonds. The van der Waals surface area contributed by atoms with Crippen LogP contribution >= 0.6 is 0 Å².